The van der Waals surface area contributed by atoms with Crippen LogP contribution in [0.15, 0.2) is 18.2 Å². The van der Waals surface area contributed by atoms with Gasteiger partial charge in [0.05, 0.1) is 26.7 Å². The summed E-state index contributed by atoms with van der Waals surface area (Å²) in [5, 5.41) is 2.74. The maximum atomic E-state index is 11.6. The number of methoxy groups -OCH3 is 2. The Morgan fingerprint density at radius 2 is 2.18 bits per heavy atom. The van der Waals surface area contributed by atoms with Gasteiger partial charge >= 0.3 is 5.97 Å². The molecule has 1 N–H and O–H groups in total. The number of esters is 1. The Morgan fingerprint density at radius 1 is 1.41 bits per heavy atom. The van der Waals surface area contributed by atoms with Crippen LogP contribution >= 0.6 is 0 Å². The monoisotopic (exact) mass is 235 g/mol. The predicted molar refractivity (Wildman–Crippen MR) is 59.8 cm³/mol. The lowest BCUT2D eigenvalue weighted by atomic mass is 10.0. The van der Waals surface area contributed by atoms with Crippen LogP contribution in [0.25, 0.3) is 0 Å². The number of carbonyl (C=O) groups is 2. The highest BCUT2D eigenvalue weighted by Gasteiger charge is 2.30. The van der Waals surface area contributed by atoms with E-state index >= 15 is 0 Å². The van der Waals surface area contributed by atoms with Gasteiger partial charge in [0.25, 0.3) is 5.91 Å². The molecule has 5 heteroatoms. The van der Waals surface area contributed by atoms with Crippen LogP contribution in [0.4, 0.5) is 0 Å². The molecule has 5 nitrogen and oxygen atoms in total. The van der Waals surface area contributed by atoms with Crippen molar-refractivity contribution in [3.05, 3.63) is 29.3 Å². The third-order valence-electron chi connectivity index (χ3n) is 2.78. The van der Waals surface area contributed by atoms with Crippen LogP contribution in [0.1, 0.15) is 28.4 Å². The number of carbonyl (C=O) groups excluding carboxylic acids is 2. The van der Waals surface area contributed by atoms with Crippen LogP contribution in [0, 0.1) is 0 Å². The molecule has 0 fully saturated rings. The lowest BCUT2D eigenvalue weighted by Crippen LogP contribution is -2.21. The zero-order valence-corrected chi connectivity index (χ0v) is 9.65. The normalized spacial score (nSPS) is 17.3. The van der Waals surface area contributed by atoms with Gasteiger partial charge in [-0.1, -0.05) is 0 Å². The molecule has 90 valence electrons. The second-order valence-electron chi connectivity index (χ2n) is 3.76. The fourth-order valence-corrected chi connectivity index (χ4v) is 1.89. The van der Waals surface area contributed by atoms with Crippen molar-refractivity contribution in [1.82, 2.24) is 5.32 Å². The standard InChI is InChI=1S/C12H13NO4/c1-16-7-3-4-8-9(5-7)10(13-12(8)15)6-11(14)17-2/h3-5,10H,6H2,1-2H3,(H,13,15). The minimum Gasteiger partial charge on any atom is -0.497 e. The van der Waals surface area contributed by atoms with Gasteiger partial charge in [-0.25, -0.2) is 0 Å². The number of fused-ring (bicyclic) bond motifs is 1. The van der Waals surface area contributed by atoms with Crippen LogP contribution in [0.2, 0.25) is 0 Å². The smallest absolute Gasteiger partial charge is 0.307 e. The summed E-state index contributed by atoms with van der Waals surface area (Å²) in [6.07, 6.45) is 0.127. The van der Waals surface area contributed by atoms with Crippen LogP contribution in [0.5, 0.6) is 5.75 Å². The number of ether oxygens (including phenoxy) is 2. The second-order valence-corrected chi connectivity index (χ2v) is 3.76. The molecule has 1 aliphatic rings. The molecule has 0 saturated heterocycles. The molecule has 0 aliphatic carbocycles. The molecule has 1 aromatic carbocycles. The fraction of sp³-hybridized carbons (Fsp3) is 0.333. The highest BCUT2D eigenvalue weighted by atomic mass is 16.5. The summed E-state index contributed by atoms with van der Waals surface area (Å²) < 4.78 is 9.70. The topological polar surface area (TPSA) is 64.6 Å². The molecule has 1 amide bonds. The molecule has 1 aliphatic heterocycles. The zero-order chi connectivity index (χ0) is 12.4. The first kappa shape index (κ1) is 11.4. The number of hydrogen-bond donors (Lipinski definition) is 1. The Bertz CT molecular complexity index is 470. The molecule has 1 unspecified atom stereocenters. The van der Waals surface area contributed by atoms with Gasteiger partial charge in [0, 0.05) is 5.56 Å². The molecule has 0 bridgehead atoms. The van der Waals surface area contributed by atoms with E-state index in [2.05, 4.69) is 10.1 Å². The van der Waals surface area contributed by atoms with E-state index in [1.165, 1.54) is 7.11 Å². The van der Waals surface area contributed by atoms with Crippen molar-refractivity contribution in [2.45, 2.75) is 12.5 Å². The Kier molecular flexibility index (Phi) is 2.99. The van der Waals surface area contributed by atoms with E-state index < -0.39 is 0 Å². The third-order valence-corrected chi connectivity index (χ3v) is 2.78. The SMILES string of the molecule is COC(=O)CC1NC(=O)c2ccc(OC)cc21. The van der Waals surface area contributed by atoms with Crippen LogP contribution in [-0.2, 0) is 9.53 Å². The number of rotatable bonds is 3. The molecular weight excluding hydrogens is 222 g/mol. The number of benzene rings is 1. The summed E-state index contributed by atoms with van der Waals surface area (Å²) in [4.78, 5) is 22.9. The van der Waals surface area contributed by atoms with Crippen LogP contribution in [0.3, 0.4) is 0 Å². The number of amides is 1. The summed E-state index contributed by atoms with van der Waals surface area (Å²) in [6, 6.07) is 4.85. The highest BCUT2D eigenvalue weighted by Crippen LogP contribution is 2.31. The molecular formula is C12H13NO4. The summed E-state index contributed by atoms with van der Waals surface area (Å²) in [5.74, 6) is 0.137. The summed E-state index contributed by atoms with van der Waals surface area (Å²) in [7, 11) is 2.88. The lowest BCUT2D eigenvalue weighted by molar-refractivity contribution is -0.141. The summed E-state index contributed by atoms with van der Waals surface area (Å²) in [6.45, 7) is 0. The van der Waals surface area contributed by atoms with Crippen LogP contribution < -0.4 is 10.1 Å². The van der Waals surface area contributed by atoms with Gasteiger partial charge < -0.3 is 14.8 Å². The molecule has 2 rings (SSSR count). The first-order chi connectivity index (χ1) is 8.15. The van der Waals surface area contributed by atoms with Crippen molar-refractivity contribution in [3.8, 4) is 5.75 Å². The van der Waals surface area contributed by atoms with E-state index in [0.29, 0.717) is 11.3 Å². The molecule has 1 atom stereocenters. The molecule has 0 aromatic heterocycles. The third kappa shape index (κ3) is 2.08. The van der Waals surface area contributed by atoms with Crippen molar-refractivity contribution in [1.29, 1.82) is 0 Å². The molecule has 0 spiro atoms. The van der Waals surface area contributed by atoms with Crippen molar-refractivity contribution in [2.75, 3.05) is 14.2 Å². The second kappa shape index (κ2) is 4.45. The summed E-state index contributed by atoms with van der Waals surface area (Å²) in [5.41, 5.74) is 1.36. The van der Waals surface area contributed by atoms with E-state index in [4.69, 9.17) is 4.74 Å². The van der Waals surface area contributed by atoms with Gasteiger partial charge in [0.15, 0.2) is 0 Å². The Morgan fingerprint density at radius 3 is 2.82 bits per heavy atom. The zero-order valence-electron chi connectivity index (χ0n) is 9.65. The maximum absolute atomic E-state index is 11.6. The van der Waals surface area contributed by atoms with Crippen molar-refractivity contribution in [2.24, 2.45) is 0 Å². The van der Waals surface area contributed by atoms with Gasteiger partial charge in [-0.2, -0.15) is 0 Å². The molecule has 1 heterocycles. The molecule has 0 radical (unpaired) electrons. The summed E-state index contributed by atoms with van der Waals surface area (Å²) >= 11 is 0. The van der Waals surface area contributed by atoms with Gasteiger partial charge in [-0.3, -0.25) is 9.59 Å². The van der Waals surface area contributed by atoms with E-state index in [1.807, 2.05) is 0 Å². The maximum Gasteiger partial charge on any atom is 0.307 e. The largest absolute Gasteiger partial charge is 0.497 e. The van der Waals surface area contributed by atoms with Gasteiger partial charge in [-0.05, 0) is 23.8 Å². The average Bonchev–Trinajstić information content (AvgIpc) is 2.65. The van der Waals surface area contributed by atoms with Gasteiger partial charge in [0.2, 0.25) is 0 Å². The van der Waals surface area contributed by atoms with Crippen LogP contribution in [-0.4, -0.2) is 26.1 Å². The van der Waals surface area contributed by atoms with E-state index in [-0.39, 0.29) is 24.3 Å². The van der Waals surface area contributed by atoms with Crippen molar-refractivity contribution in [3.63, 3.8) is 0 Å². The highest BCUT2D eigenvalue weighted by molar-refractivity contribution is 5.99. The van der Waals surface area contributed by atoms with Gasteiger partial charge in [0.1, 0.15) is 5.75 Å². The van der Waals surface area contributed by atoms with Crippen molar-refractivity contribution >= 4 is 11.9 Å². The first-order valence-corrected chi connectivity index (χ1v) is 5.21. The minimum absolute atomic E-state index is 0.127. The van der Waals surface area contributed by atoms with E-state index in [1.54, 1.807) is 25.3 Å². The molecule has 0 saturated carbocycles. The van der Waals surface area contributed by atoms with E-state index in [0.717, 1.165) is 5.56 Å². The minimum atomic E-state index is -0.356. The quantitative estimate of drug-likeness (QED) is 0.795. The number of hydrogen-bond acceptors (Lipinski definition) is 4. The predicted octanol–water partition coefficient (Wildman–Crippen LogP) is 1.04. The Hall–Kier alpha value is -2.04. The van der Waals surface area contributed by atoms with Crippen molar-refractivity contribution < 1.29 is 19.1 Å². The van der Waals surface area contributed by atoms with Gasteiger partial charge in [-0.15, -0.1) is 0 Å². The average molecular weight is 235 g/mol. The first-order valence-electron chi connectivity index (χ1n) is 5.21. The Labute approximate surface area is 98.7 Å². The molecule has 1 aromatic rings. The van der Waals surface area contributed by atoms with E-state index in [9.17, 15) is 9.59 Å². The lowest BCUT2D eigenvalue weighted by Gasteiger charge is -2.10. The Balaban J connectivity index is 2.31. The number of nitrogens with one attached hydrogen (secondary N) is 1. The molecule has 17 heavy (non-hydrogen) atoms. The fourth-order valence-electron chi connectivity index (χ4n) is 1.89.